The summed E-state index contributed by atoms with van der Waals surface area (Å²) < 4.78 is 0. The Morgan fingerprint density at radius 2 is 1.89 bits per heavy atom. The Morgan fingerprint density at radius 3 is 2.68 bits per heavy atom. The van der Waals surface area contributed by atoms with Gasteiger partial charge in [-0.2, -0.15) is 5.26 Å². The van der Waals surface area contributed by atoms with Crippen molar-refractivity contribution in [3.8, 4) is 17.2 Å². The van der Waals surface area contributed by atoms with E-state index in [9.17, 15) is 0 Å². The summed E-state index contributed by atoms with van der Waals surface area (Å²) in [7, 11) is 0. The first kappa shape index (κ1) is 11.7. The molecular formula is C15H14N4. The van der Waals surface area contributed by atoms with Gasteiger partial charge in [0.2, 0.25) is 5.95 Å². The van der Waals surface area contributed by atoms with Crippen LogP contribution in [-0.2, 0) is 12.8 Å². The minimum absolute atomic E-state index is 0.220. The molecule has 1 N–H and O–H groups in total. The third-order valence-corrected chi connectivity index (χ3v) is 3.41. The minimum atomic E-state index is 0.220. The van der Waals surface area contributed by atoms with Gasteiger partial charge in [-0.3, -0.25) is 0 Å². The second-order valence-electron chi connectivity index (χ2n) is 4.64. The SMILES string of the molecule is N#CCNc1ncc(-c2ccc3c(c2)CCC3)cn1. The number of aromatic nitrogens is 2. The van der Waals surface area contributed by atoms with Gasteiger partial charge in [-0.1, -0.05) is 18.2 Å². The third-order valence-electron chi connectivity index (χ3n) is 3.41. The first-order chi connectivity index (χ1) is 9.36. The maximum absolute atomic E-state index is 8.48. The average molecular weight is 250 g/mol. The summed E-state index contributed by atoms with van der Waals surface area (Å²) in [5.74, 6) is 0.492. The monoisotopic (exact) mass is 250 g/mol. The first-order valence-electron chi connectivity index (χ1n) is 6.42. The zero-order valence-electron chi connectivity index (χ0n) is 10.6. The number of hydrogen-bond acceptors (Lipinski definition) is 4. The summed E-state index contributed by atoms with van der Waals surface area (Å²) in [6.07, 6.45) is 7.22. The highest BCUT2D eigenvalue weighted by Gasteiger charge is 2.11. The molecule has 94 valence electrons. The number of nitriles is 1. The van der Waals surface area contributed by atoms with E-state index in [0.717, 1.165) is 11.1 Å². The van der Waals surface area contributed by atoms with Crippen molar-refractivity contribution >= 4 is 5.95 Å². The van der Waals surface area contributed by atoms with Crippen LogP contribution in [0.3, 0.4) is 0 Å². The maximum atomic E-state index is 8.48. The van der Waals surface area contributed by atoms with Crippen LogP contribution in [-0.4, -0.2) is 16.5 Å². The highest BCUT2D eigenvalue weighted by Crippen LogP contribution is 2.27. The summed E-state index contributed by atoms with van der Waals surface area (Å²) >= 11 is 0. The normalized spacial score (nSPS) is 12.8. The molecule has 1 aliphatic rings. The zero-order valence-corrected chi connectivity index (χ0v) is 10.6. The van der Waals surface area contributed by atoms with Crippen molar-refractivity contribution in [2.45, 2.75) is 19.3 Å². The second kappa shape index (κ2) is 5.07. The van der Waals surface area contributed by atoms with Crippen LogP contribution >= 0.6 is 0 Å². The van der Waals surface area contributed by atoms with Crippen molar-refractivity contribution in [3.63, 3.8) is 0 Å². The molecule has 19 heavy (non-hydrogen) atoms. The van der Waals surface area contributed by atoms with E-state index in [1.807, 2.05) is 6.07 Å². The third kappa shape index (κ3) is 2.41. The molecule has 0 saturated carbocycles. The molecule has 0 fully saturated rings. The Labute approximate surface area is 112 Å². The van der Waals surface area contributed by atoms with Crippen LogP contribution in [0.5, 0.6) is 0 Å². The molecule has 3 rings (SSSR count). The Balaban J connectivity index is 1.84. The number of nitrogens with zero attached hydrogens (tertiary/aromatic N) is 3. The summed E-state index contributed by atoms with van der Waals surface area (Å²) in [6.45, 7) is 0.220. The molecule has 2 aromatic rings. The van der Waals surface area contributed by atoms with E-state index in [2.05, 4.69) is 33.5 Å². The number of fused-ring (bicyclic) bond motifs is 1. The van der Waals surface area contributed by atoms with Crippen molar-refractivity contribution in [2.75, 3.05) is 11.9 Å². The maximum Gasteiger partial charge on any atom is 0.223 e. The molecular weight excluding hydrogens is 236 g/mol. The standard InChI is InChI=1S/C15H14N4/c16-6-7-17-15-18-9-14(10-19-15)13-5-4-11-2-1-3-12(11)8-13/h4-5,8-10H,1-3,7H2,(H,17,18,19). The van der Waals surface area contributed by atoms with Crippen molar-refractivity contribution in [1.29, 1.82) is 5.26 Å². The van der Waals surface area contributed by atoms with E-state index in [1.54, 1.807) is 12.4 Å². The van der Waals surface area contributed by atoms with Gasteiger partial charge in [0, 0.05) is 18.0 Å². The Morgan fingerprint density at radius 1 is 1.11 bits per heavy atom. The number of benzene rings is 1. The largest absolute Gasteiger partial charge is 0.341 e. The Hall–Kier alpha value is -2.41. The lowest BCUT2D eigenvalue weighted by molar-refractivity contribution is 0.912. The lowest BCUT2D eigenvalue weighted by atomic mass is 10.0. The van der Waals surface area contributed by atoms with E-state index < -0.39 is 0 Å². The van der Waals surface area contributed by atoms with Gasteiger partial charge < -0.3 is 5.32 Å². The minimum Gasteiger partial charge on any atom is -0.341 e. The molecule has 1 aromatic carbocycles. The molecule has 0 radical (unpaired) electrons. The van der Waals surface area contributed by atoms with Gasteiger partial charge in [0.25, 0.3) is 0 Å². The number of nitrogens with one attached hydrogen (secondary N) is 1. The molecule has 1 aromatic heterocycles. The molecule has 4 heteroatoms. The summed E-state index contributed by atoms with van der Waals surface area (Å²) in [5, 5.41) is 11.3. The van der Waals surface area contributed by atoms with Gasteiger partial charge in [-0.25, -0.2) is 9.97 Å². The molecule has 4 nitrogen and oxygen atoms in total. The molecule has 0 unspecified atom stereocenters. The van der Waals surface area contributed by atoms with Crippen molar-refractivity contribution in [1.82, 2.24) is 9.97 Å². The van der Waals surface area contributed by atoms with E-state index in [0.29, 0.717) is 5.95 Å². The first-order valence-corrected chi connectivity index (χ1v) is 6.42. The van der Waals surface area contributed by atoms with Crippen LogP contribution in [0.25, 0.3) is 11.1 Å². The van der Waals surface area contributed by atoms with E-state index in [1.165, 1.54) is 30.4 Å². The van der Waals surface area contributed by atoms with Crippen LogP contribution in [0, 0.1) is 11.3 Å². The summed E-state index contributed by atoms with van der Waals surface area (Å²) in [5.41, 5.74) is 5.09. The van der Waals surface area contributed by atoms with E-state index in [-0.39, 0.29) is 6.54 Å². The van der Waals surface area contributed by atoms with Gasteiger partial charge in [-0.15, -0.1) is 0 Å². The highest BCUT2D eigenvalue weighted by atomic mass is 15.1. The Kier molecular flexibility index (Phi) is 3.11. The number of hydrogen-bond donors (Lipinski definition) is 1. The van der Waals surface area contributed by atoms with Crippen LogP contribution < -0.4 is 5.32 Å². The molecule has 0 saturated heterocycles. The van der Waals surface area contributed by atoms with Crippen molar-refractivity contribution < 1.29 is 0 Å². The smallest absolute Gasteiger partial charge is 0.223 e. The van der Waals surface area contributed by atoms with Crippen molar-refractivity contribution in [3.05, 3.63) is 41.7 Å². The molecule has 0 amide bonds. The highest BCUT2D eigenvalue weighted by molar-refractivity contribution is 5.64. The quantitative estimate of drug-likeness (QED) is 0.850. The number of anilines is 1. The van der Waals surface area contributed by atoms with E-state index in [4.69, 9.17) is 5.26 Å². The molecule has 0 aliphatic heterocycles. The lowest BCUT2D eigenvalue weighted by Crippen LogP contribution is -2.02. The lowest BCUT2D eigenvalue weighted by Gasteiger charge is -2.05. The molecule has 1 heterocycles. The fraction of sp³-hybridized carbons (Fsp3) is 0.267. The Bertz CT molecular complexity index is 626. The second-order valence-corrected chi connectivity index (χ2v) is 4.64. The van der Waals surface area contributed by atoms with Gasteiger partial charge in [-0.05, 0) is 36.0 Å². The fourth-order valence-corrected chi connectivity index (χ4v) is 2.44. The summed E-state index contributed by atoms with van der Waals surface area (Å²) in [6, 6.07) is 8.58. The van der Waals surface area contributed by atoms with Crippen molar-refractivity contribution in [2.24, 2.45) is 0 Å². The van der Waals surface area contributed by atoms with Crippen LogP contribution in [0.1, 0.15) is 17.5 Å². The predicted molar refractivity (Wildman–Crippen MR) is 73.6 cm³/mol. The molecule has 0 spiro atoms. The number of rotatable bonds is 3. The molecule has 0 atom stereocenters. The average Bonchev–Trinajstić information content (AvgIpc) is 2.93. The molecule has 0 bridgehead atoms. The van der Waals surface area contributed by atoms with Crippen LogP contribution in [0.4, 0.5) is 5.95 Å². The van der Waals surface area contributed by atoms with Crippen LogP contribution in [0.15, 0.2) is 30.6 Å². The predicted octanol–water partition coefficient (Wildman–Crippen LogP) is 2.57. The fourth-order valence-electron chi connectivity index (χ4n) is 2.44. The zero-order chi connectivity index (χ0) is 13.1. The summed E-state index contributed by atoms with van der Waals surface area (Å²) in [4.78, 5) is 8.43. The van der Waals surface area contributed by atoms with Gasteiger partial charge in [0.1, 0.15) is 6.54 Å². The number of aryl methyl sites for hydroxylation is 2. The van der Waals surface area contributed by atoms with E-state index >= 15 is 0 Å². The topological polar surface area (TPSA) is 61.6 Å². The van der Waals surface area contributed by atoms with Crippen LogP contribution in [0.2, 0.25) is 0 Å². The van der Waals surface area contributed by atoms with Gasteiger partial charge in [0.05, 0.1) is 6.07 Å². The van der Waals surface area contributed by atoms with Gasteiger partial charge >= 0.3 is 0 Å². The molecule has 1 aliphatic carbocycles. The van der Waals surface area contributed by atoms with Gasteiger partial charge in [0.15, 0.2) is 0 Å².